The van der Waals surface area contributed by atoms with E-state index in [0.29, 0.717) is 24.9 Å². The number of carbonyl (C=O) groups excluding carboxylic acids is 1. The Morgan fingerprint density at radius 2 is 1.81 bits per heavy atom. The highest BCUT2D eigenvalue weighted by Crippen LogP contribution is 2.19. The third-order valence-electron chi connectivity index (χ3n) is 4.28. The molecule has 146 valence electrons. The van der Waals surface area contributed by atoms with Crippen LogP contribution in [0.5, 0.6) is 5.75 Å². The van der Waals surface area contributed by atoms with Crippen LogP contribution in [0.15, 0.2) is 30.3 Å². The number of rotatable bonds is 10. The molecule has 7 heteroatoms. The Morgan fingerprint density at radius 3 is 2.44 bits per heavy atom. The molecule has 0 aliphatic rings. The average molecular weight is 371 g/mol. The molecule has 0 spiro atoms. The van der Waals surface area contributed by atoms with Crippen molar-refractivity contribution in [2.75, 3.05) is 30.8 Å². The number of aryl methyl sites for hydroxylation is 1. The highest BCUT2D eigenvalue weighted by Gasteiger charge is 2.12. The Hall–Kier alpha value is -2.83. The molecule has 2 rings (SSSR count). The van der Waals surface area contributed by atoms with E-state index in [0.717, 1.165) is 30.0 Å². The summed E-state index contributed by atoms with van der Waals surface area (Å²) >= 11 is 0. The fraction of sp³-hybridized carbons (Fsp3) is 0.450. The van der Waals surface area contributed by atoms with Gasteiger partial charge in [-0.1, -0.05) is 13.8 Å². The van der Waals surface area contributed by atoms with Crippen molar-refractivity contribution in [3.63, 3.8) is 0 Å². The van der Waals surface area contributed by atoms with Crippen molar-refractivity contribution in [3.8, 4) is 5.75 Å². The molecule has 27 heavy (non-hydrogen) atoms. The van der Waals surface area contributed by atoms with Crippen LogP contribution in [-0.4, -0.2) is 36.1 Å². The zero-order valence-corrected chi connectivity index (χ0v) is 16.5. The number of aromatic nitrogens is 2. The van der Waals surface area contributed by atoms with Crippen molar-refractivity contribution < 1.29 is 9.53 Å². The molecule has 1 amide bonds. The van der Waals surface area contributed by atoms with Crippen molar-refractivity contribution in [3.05, 3.63) is 36.0 Å². The number of ether oxygens (including phenoxy) is 1. The number of nitrogens with zero attached hydrogens (tertiary/aromatic N) is 2. The molecule has 0 unspecified atom stereocenters. The van der Waals surface area contributed by atoms with Gasteiger partial charge < -0.3 is 20.7 Å². The van der Waals surface area contributed by atoms with Crippen LogP contribution in [0, 0.1) is 12.8 Å². The Morgan fingerprint density at radius 1 is 1.11 bits per heavy atom. The summed E-state index contributed by atoms with van der Waals surface area (Å²) in [6, 6.07) is 9.51. The molecular weight excluding hydrogens is 342 g/mol. The van der Waals surface area contributed by atoms with Gasteiger partial charge in [0.25, 0.3) is 0 Å². The minimum Gasteiger partial charge on any atom is -0.497 e. The second kappa shape index (κ2) is 10.4. The van der Waals surface area contributed by atoms with Crippen LogP contribution in [0.2, 0.25) is 0 Å². The van der Waals surface area contributed by atoms with E-state index in [-0.39, 0.29) is 11.8 Å². The monoisotopic (exact) mass is 371 g/mol. The topological polar surface area (TPSA) is 88.2 Å². The van der Waals surface area contributed by atoms with Gasteiger partial charge in [0.1, 0.15) is 11.6 Å². The SMILES string of the molecule is CCC(CC)C(=O)NCCNc1nc(C)cc(Nc2ccc(OC)cc2)n1. The van der Waals surface area contributed by atoms with E-state index in [1.807, 2.05) is 51.1 Å². The molecule has 0 bridgehead atoms. The van der Waals surface area contributed by atoms with Gasteiger partial charge in [-0.05, 0) is 44.0 Å². The van der Waals surface area contributed by atoms with Crippen LogP contribution in [0.25, 0.3) is 0 Å². The predicted octanol–water partition coefficient (Wildman–Crippen LogP) is 3.50. The van der Waals surface area contributed by atoms with Crippen LogP contribution in [0.1, 0.15) is 32.4 Å². The summed E-state index contributed by atoms with van der Waals surface area (Å²) in [5.41, 5.74) is 1.77. The van der Waals surface area contributed by atoms with Crippen LogP contribution in [-0.2, 0) is 4.79 Å². The summed E-state index contributed by atoms with van der Waals surface area (Å²) in [7, 11) is 1.64. The summed E-state index contributed by atoms with van der Waals surface area (Å²) < 4.78 is 5.16. The Bertz CT molecular complexity index is 730. The first kappa shape index (κ1) is 20.5. The molecule has 0 saturated heterocycles. The van der Waals surface area contributed by atoms with Crippen LogP contribution in [0.4, 0.5) is 17.5 Å². The Labute approximate surface area is 161 Å². The lowest BCUT2D eigenvalue weighted by Crippen LogP contribution is -2.33. The van der Waals surface area contributed by atoms with Gasteiger partial charge in [-0.25, -0.2) is 4.98 Å². The van der Waals surface area contributed by atoms with Gasteiger partial charge in [0.05, 0.1) is 7.11 Å². The number of nitrogens with one attached hydrogen (secondary N) is 3. The lowest BCUT2D eigenvalue weighted by atomic mass is 10.0. The molecule has 1 heterocycles. The fourth-order valence-corrected chi connectivity index (χ4v) is 2.70. The van der Waals surface area contributed by atoms with Crippen molar-refractivity contribution in [1.82, 2.24) is 15.3 Å². The van der Waals surface area contributed by atoms with Crippen molar-refractivity contribution in [2.45, 2.75) is 33.6 Å². The zero-order valence-electron chi connectivity index (χ0n) is 16.5. The molecular formula is C20H29N5O2. The largest absolute Gasteiger partial charge is 0.497 e. The van der Waals surface area contributed by atoms with Gasteiger partial charge in [0.15, 0.2) is 0 Å². The predicted molar refractivity (Wildman–Crippen MR) is 109 cm³/mol. The first-order valence-electron chi connectivity index (χ1n) is 9.34. The summed E-state index contributed by atoms with van der Waals surface area (Å²) in [6.07, 6.45) is 1.72. The maximum absolute atomic E-state index is 12.0. The molecule has 3 N–H and O–H groups in total. The van der Waals surface area contributed by atoms with Gasteiger partial charge in [-0.2, -0.15) is 4.98 Å². The molecule has 0 aliphatic heterocycles. The van der Waals surface area contributed by atoms with E-state index < -0.39 is 0 Å². The van der Waals surface area contributed by atoms with Gasteiger partial charge >= 0.3 is 0 Å². The minimum absolute atomic E-state index is 0.0838. The molecule has 0 fully saturated rings. The lowest BCUT2D eigenvalue weighted by molar-refractivity contribution is -0.125. The molecule has 1 aromatic heterocycles. The molecule has 0 saturated carbocycles. The zero-order chi connectivity index (χ0) is 19.6. The maximum Gasteiger partial charge on any atom is 0.224 e. The molecule has 7 nitrogen and oxygen atoms in total. The normalized spacial score (nSPS) is 10.6. The van der Waals surface area contributed by atoms with Gasteiger partial charge in [0, 0.05) is 36.5 Å². The molecule has 0 atom stereocenters. The fourth-order valence-electron chi connectivity index (χ4n) is 2.70. The molecule has 1 aromatic carbocycles. The maximum atomic E-state index is 12.0. The quantitative estimate of drug-likeness (QED) is 0.554. The molecule has 0 aliphatic carbocycles. The van der Waals surface area contributed by atoms with E-state index >= 15 is 0 Å². The molecule has 0 radical (unpaired) electrons. The Balaban J connectivity index is 1.89. The van der Waals surface area contributed by atoms with E-state index in [1.54, 1.807) is 7.11 Å². The second-order valence-corrected chi connectivity index (χ2v) is 6.30. The van der Waals surface area contributed by atoms with E-state index in [1.165, 1.54) is 0 Å². The number of benzene rings is 1. The lowest BCUT2D eigenvalue weighted by Gasteiger charge is -2.13. The number of hydrogen-bond acceptors (Lipinski definition) is 6. The van der Waals surface area contributed by atoms with Crippen LogP contribution in [0.3, 0.4) is 0 Å². The number of amides is 1. The van der Waals surface area contributed by atoms with E-state index in [4.69, 9.17) is 4.74 Å². The summed E-state index contributed by atoms with van der Waals surface area (Å²) in [4.78, 5) is 20.9. The number of carbonyl (C=O) groups is 1. The van der Waals surface area contributed by atoms with E-state index in [9.17, 15) is 4.79 Å². The number of hydrogen-bond donors (Lipinski definition) is 3. The summed E-state index contributed by atoms with van der Waals surface area (Å²) in [5, 5.41) is 9.37. The number of methoxy groups -OCH3 is 1. The smallest absolute Gasteiger partial charge is 0.224 e. The van der Waals surface area contributed by atoms with Crippen LogP contribution < -0.4 is 20.7 Å². The van der Waals surface area contributed by atoms with Crippen LogP contribution >= 0.6 is 0 Å². The van der Waals surface area contributed by atoms with Crippen molar-refractivity contribution in [1.29, 1.82) is 0 Å². The van der Waals surface area contributed by atoms with Gasteiger partial charge in [0.2, 0.25) is 11.9 Å². The third-order valence-corrected chi connectivity index (χ3v) is 4.28. The standard InChI is InChI=1S/C20H29N5O2/c1-5-15(6-2)19(26)21-11-12-22-20-23-14(3)13-18(25-20)24-16-7-9-17(27-4)10-8-16/h7-10,13,15H,5-6,11-12H2,1-4H3,(H,21,26)(H2,22,23,24,25). The van der Waals surface area contributed by atoms with Gasteiger partial charge in [-0.15, -0.1) is 0 Å². The third kappa shape index (κ3) is 6.44. The minimum atomic E-state index is 0.0838. The highest BCUT2D eigenvalue weighted by atomic mass is 16.5. The summed E-state index contributed by atoms with van der Waals surface area (Å²) in [6.45, 7) is 7.08. The number of anilines is 3. The molecule has 2 aromatic rings. The second-order valence-electron chi connectivity index (χ2n) is 6.30. The van der Waals surface area contributed by atoms with Crippen molar-refractivity contribution in [2.24, 2.45) is 5.92 Å². The average Bonchev–Trinajstić information content (AvgIpc) is 2.66. The summed E-state index contributed by atoms with van der Waals surface area (Å²) in [5.74, 6) is 2.23. The van der Waals surface area contributed by atoms with Gasteiger partial charge in [-0.3, -0.25) is 4.79 Å². The van der Waals surface area contributed by atoms with Crippen molar-refractivity contribution >= 4 is 23.4 Å². The Kier molecular flexibility index (Phi) is 7.85. The highest BCUT2D eigenvalue weighted by molar-refractivity contribution is 5.78. The first-order chi connectivity index (χ1) is 13.0. The first-order valence-corrected chi connectivity index (χ1v) is 9.34. The van der Waals surface area contributed by atoms with E-state index in [2.05, 4.69) is 25.9 Å².